The van der Waals surface area contributed by atoms with Crippen LogP contribution in [0.2, 0.25) is 0 Å². The van der Waals surface area contributed by atoms with Crippen LogP contribution in [0.1, 0.15) is 25.7 Å². The fourth-order valence-corrected chi connectivity index (χ4v) is 4.86. The third-order valence-electron chi connectivity index (χ3n) is 5.38. The minimum Gasteiger partial charge on any atom is -0.497 e. The molecule has 0 saturated heterocycles. The summed E-state index contributed by atoms with van der Waals surface area (Å²) in [6.07, 6.45) is 1.60. The van der Waals surface area contributed by atoms with Crippen LogP contribution in [0, 0.1) is 5.92 Å². The number of Topliss-reactive ketones (excluding diaryl/α,β-unsaturated/α-hetero) is 1. The minimum absolute atomic E-state index is 0.0561. The zero-order valence-electron chi connectivity index (χ0n) is 17.0. The molecule has 0 bridgehead atoms. The van der Waals surface area contributed by atoms with E-state index < -0.39 is 22.0 Å². The van der Waals surface area contributed by atoms with Gasteiger partial charge in [0.05, 0.1) is 19.1 Å². The topological polar surface area (TPSA) is 98.8 Å². The molecule has 0 heterocycles. The van der Waals surface area contributed by atoms with E-state index in [-0.39, 0.29) is 16.6 Å². The Bertz CT molecular complexity index is 989. The van der Waals surface area contributed by atoms with Gasteiger partial charge in [-0.2, -0.15) is 4.72 Å². The van der Waals surface area contributed by atoms with Crippen LogP contribution in [0.15, 0.2) is 53.4 Å². The molecule has 1 aliphatic carbocycles. The summed E-state index contributed by atoms with van der Waals surface area (Å²) in [4.78, 5) is 23.8. The quantitative estimate of drug-likeness (QED) is 0.677. The molecule has 1 fully saturated rings. The van der Waals surface area contributed by atoms with E-state index in [1.54, 1.807) is 19.2 Å². The van der Waals surface area contributed by atoms with Crippen molar-refractivity contribution in [2.24, 2.45) is 5.92 Å². The molecule has 7 nitrogen and oxygen atoms in total. The number of benzene rings is 2. The Kier molecular flexibility index (Phi) is 6.89. The van der Waals surface area contributed by atoms with E-state index in [0.29, 0.717) is 25.7 Å². The van der Waals surface area contributed by atoms with E-state index in [9.17, 15) is 18.0 Å². The third-order valence-corrected chi connectivity index (χ3v) is 6.84. The fourth-order valence-electron chi connectivity index (χ4n) is 3.60. The highest BCUT2D eigenvalue weighted by Crippen LogP contribution is 2.27. The summed E-state index contributed by atoms with van der Waals surface area (Å²) >= 11 is 0. The van der Waals surface area contributed by atoms with Crippen molar-refractivity contribution in [2.75, 3.05) is 14.2 Å². The van der Waals surface area contributed by atoms with Crippen LogP contribution in [0.5, 0.6) is 5.75 Å². The lowest BCUT2D eigenvalue weighted by molar-refractivity contribution is -0.145. The van der Waals surface area contributed by atoms with Crippen molar-refractivity contribution >= 4 is 21.8 Å². The van der Waals surface area contributed by atoms with Gasteiger partial charge < -0.3 is 9.47 Å². The highest BCUT2D eigenvalue weighted by molar-refractivity contribution is 7.89. The number of methoxy groups -OCH3 is 2. The van der Waals surface area contributed by atoms with Gasteiger partial charge in [-0.05, 0) is 54.2 Å². The lowest BCUT2D eigenvalue weighted by Crippen LogP contribution is -2.47. The van der Waals surface area contributed by atoms with Crippen LogP contribution in [-0.4, -0.2) is 40.4 Å². The summed E-state index contributed by atoms with van der Waals surface area (Å²) in [6, 6.07) is 12.8. The van der Waals surface area contributed by atoms with Crippen LogP contribution in [-0.2, 0) is 24.3 Å². The first-order valence-corrected chi connectivity index (χ1v) is 11.2. The molecule has 0 spiro atoms. The van der Waals surface area contributed by atoms with E-state index in [2.05, 4.69) is 4.72 Å². The van der Waals surface area contributed by atoms with Crippen molar-refractivity contribution < 1.29 is 27.5 Å². The minimum atomic E-state index is -3.94. The van der Waals surface area contributed by atoms with Crippen molar-refractivity contribution in [3.8, 4) is 16.9 Å². The highest BCUT2D eigenvalue weighted by Gasteiger charge is 2.35. The van der Waals surface area contributed by atoms with Crippen LogP contribution in [0.3, 0.4) is 0 Å². The summed E-state index contributed by atoms with van der Waals surface area (Å²) < 4.78 is 38.2. The van der Waals surface area contributed by atoms with Gasteiger partial charge in [-0.3, -0.25) is 9.59 Å². The molecule has 160 valence electrons. The lowest BCUT2D eigenvalue weighted by atomic mass is 9.83. The molecule has 1 aliphatic rings. The number of ketones is 1. The van der Waals surface area contributed by atoms with Crippen LogP contribution in [0.25, 0.3) is 11.1 Å². The molecule has 1 saturated carbocycles. The Morgan fingerprint density at radius 1 is 0.967 bits per heavy atom. The second kappa shape index (κ2) is 9.40. The summed E-state index contributed by atoms with van der Waals surface area (Å²) in [5, 5.41) is 0. The highest BCUT2D eigenvalue weighted by atomic mass is 32.2. The number of nitrogens with one attached hydrogen (secondary N) is 1. The van der Waals surface area contributed by atoms with Gasteiger partial charge in [0.15, 0.2) is 0 Å². The van der Waals surface area contributed by atoms with Crippen LogP contribution >= 0.6 is 0 Å². The van der Waals surface area contributed by atoms with E-state index in [4.69, 9.17) is 9.47 Å². The van der Waals surface area contributed by atoms with E-state index in [1.807, 2.05) is 24.3 Å². The van der Waals surface area contributed by atoms with Crippen molar-refractivity contribution in [1.82, 2.24) is 4.72 Å². The average molecular weight is 432 g/mol. The zero-order valence-corrected chi connectivity index (χ0v) is 17.8. The van der Waals surface area contributed by atoms with Gasteiger partial charge in [-0.1, -0.05) is 24.3 Å². The van der Waals surface area contributed by atoms with Gasteiger partial charge >= 0.3 is 5.97 Å². The number of esters is 1. The van der Waals surface area contributed by atoms with Gasteiger partial charge in [0, 0.05) is 12.8 Å². The normalized spacial score (nSPS) is 16.1. The van der Waals surface area contributed by atoms with Crippen molar-refractivity contribution in [3.63, 3.8) is 0 Å². The van der Waals surface area contributed by atoms with Crippen LogP contribution in [0.4, 0.5) is 0 Å². The molecule has 30 heavy (non-hydrogen) atoms. The van der Waals surface area contributed by atoms with Gasteiger partial charge in [0.25, 0.3) is 0 Å². The number of hydrogen-bond acceptors (Lipinski definition) is 6. The fraction of sp³-hybridized carbons (Fsp3) is 0.364. The maximum Gasteiger partial charge on any atom is 0.324 e. The predicted molar refractivity (Wildman–Crippen MR) is 112 cm³/mol. The number of carbonyl (C=O) groups is 2. The maximum atomic E-state index is 12.9. The molecule has 0 aromatic heterocycles. The second-order valence-corrected chi connectivity index (χ2v) is 8.97. The Hall–Kier alpha value is -2.71. The van der Waals surface area contributed by atoms with Gasteiger partial charge in [0.2, 0.25) is 10.0 Å². The standard InChI is InChI=1S/C22H25NO6S/c1-28-19-11-5-15(6-12-19)16-7-13-20(14-8-16)30(26,27)23-21(22(25)29-2)17-3-9-18(24)10-4-17/h5-8,11-14,17,21,23H,3-4,9-10H2,1-2H3/t21-/m1/s1. The molecule has 2 aromatic rings. The van der Waals surface area contributed by atoms with Gasteiger partial charge in [0.1, 0.15) is 17.6 Å². The molecule has 0 amide bonds. The number of carbonyl (C=O) groups excluding carboxylic acids is 2. The monoisotopic (exact) mass is 431 g/mol. The zero-order chi connectivity index (χ0) is 21.7. The molecule has 2 aromatic carbocycles. The molecular weight excluding hydrogens is 406 g/mol. The summed E-state index contributed by atoms with van der Waals surface area (Å²) in [7, 11) is -1.13. The smallest absolute Gasteiger partial charge is 0.324 e. The molecular formula is C22H25NO6S. The number of hydrogen-bond donors (Lipinski definition) is 1. The average Bonchev–Trinajstić information content (AvgIpc) is 2.78. The molecule has 3 rings (SSSR count). The van der Waals surface area contributed by atoms with Crippen molar-refractivity contribution in [3.05, 3.63) is 48.5 Å². The first-order valence-electron chi connectivity index (χ1n) is 9.70. The SMILES string of the molecule is COC(=O)[C@H](NS(=O)(=O)c1ccc(-c2ccc(OC)cc2)cc1)C1CCC(=O)CC1. The van der Waals surface area contributed by atoms with E-state index in [1.165, 1.54) is 19.2 Å². The first-order chi connectivity index (χ1) is 14.3. The molecule has 1 N–H and O–H groups in total. The Morgan fingerprint density at radius 3 is 2.00 bits per heavy atom. The van der Waals surface area contributed by atoms with Crippen LogP contribution < -0.4 is 9.46 Å². The summed E-state index contributed by atoms with van der Waals surface area (Å²) in [5.41, 5.74) is 1.78. The molecule has 1 atom stereocenters. The maximum absolute atomic E-state index is 12.9. The Labute approximate surface area is 176 Å². The van der Waals surface area contributed by atoms with Gasteiger partial charge in [-0.25, -0.2) is 8.42 Å². The van der Waals surface area contributed by atoms with Crippen molar-refractivity contribution in [1.29, 1.82) is 0 Å². The third kappa shape index (κ3) is 5.06. The number of rotatable bonds is 7. The molecule has 0 radical (unpaired) electrons. The molecule has 8 heteroatoms. The first kappa shape index (κ1) is 22.0. The molecule has 0 unspecified atom stereocenters. The predicted octanol–water partition coefficient (Wildman–Crippen LogP) is 2.94. The van der Waals surface area contributed by atoms with E-state index >= 15 is 0 Å². The van der Waals surface area contributed by atoms with E-state index in [0.717, 1.165) is 16.9 Å². The lowest BCUT2D eigenvalue weighted by Gasteiger charge is -2.28. The van der Waals surface area contributed by atoms with Crippen molar-refractivity contribution in [2.45, 2.75) is 36.6 Å². The Balaban J connectivity index is 1.78. The second-order valence-electron chi connectivity index (χ2n) is 7.25. The summed E-state index contributed by atoms with van der Waals surface area (Å²) in [5.74, 6) is -0.0523. The molecule has 0 aliphatic heterocycles. The number of sulfonamides is 1. The summed E-state index contributed by atoms with van der Waals surface area (Å²) in [6.45, 7) is 0. The number of ether oxygens (including phenoxy) is 2. The Morgan fingerprint density at radius 2 is 1.50 bits per heavy atom. The van der Waals surface area contributed by atoms with Gasteiger partial charge in [-0.15, -0.1) is 0 Å². The largest absolute Gasteiger partial charge is 0.497 e.